The maximum Gasteiger partial charge on any atom is 0.123 e. The first-order valence-electron chi connectivity index (χ1n) is 16.0. The summed E-state index contributed by atoms with van der Waals surface area (Å²) < 4.78 is 0. The summed E-state index contributed by atoms with van der Waals surface area (Å²) in [4.78, 5) is 3.72. The summed E-state index contributed by atoms with van der Waals surface area (Å²) in [7, 11) is 0. The van der Waals surface area contributed by atoms with Gasteiger partial charge in [0.25, 0.3) is 0 Å². The van der Waals surface area contributed by atoms with Crippen LogP contribution < -0.4 is 21.5 Å². The molecule has 0 aliphatic carbocycles. The monoisotopic (exact) mass is 652 g/mol. The van der Waals surface area contributed by atoms with Gasteiger partial charge in [-0.05, 0) is 94.4 Å². The number of aromatic nitrogens is 1. The molecule has 0 aliphatic rings. The van der Waals surface area contributed by atoms with Gasteiger partial charge in [0, 0.05) is 18.3 Å². The van der Waals surface area contributed by atoms with Gasteiger partial charge < -0.3 is 11.1 Å². The largest absolute Gasteiger partial charge is 0.384 e. The van der Waals surface area contributed by atoms with Crippen LogP contribution in [0.1, 0.15) is 55.9 Å². The van der Waals surface area contributed by atoms with E-state index in [9.17, 15) is 0 Å². The van der Waals surface area contributed by atoms with E-state index in [1.54, 1.807) is 12.1 Å². The zero-order chi connectivity index (χ0) is 34.9. The highest BCUT2D eigenvalue weighted by atomic mass is 35.5. The highest BCUT2D eigenvalue weighted by Gasteiger charge is 2.08. The maximum absolute atomic E-state index is 8.42. The van der Waals surface area contributed by atoms with Gasteiger partial charge in [-0.2, -0.15) is 0 Å². The van der Waals surface area contributed by atoms with Crippen LogP contribution in [0, 0.1) is 5.41 Å². The minimum absolute atomic E-state index is 0.420. The van der Waals surface area contributed by atoms with Crippen LogP contribution in [0.5, 0.6) is 0 Å². The summed E-state index contributed by atoms with van der Waals surface area (Å²) in [5.41, 5.74) is 16.7. The Bertz CT molecular complexity index is 1940. The fourth-order valence-electron chi connectivity index (χ4n) is 4.88. The third-order valence-corrected chi connectivity index (χ3v) is 7.67. The first kappa shape index (κ1) is 37.1. The number of unbranched alkanes of at least 4 members (excludes halogenated alkanes) is 1. The number of nitrogens with one attached hydrogen (secondary N) is 2. The number of pyridine rings is 1. The normalized spacial score (nSPS) is 11.6. The van der Waals surface area contributed by atoms with E-state index in [0.29, 0.717) is 28.7 Å². The summed E-state index contributed by atoms with van der Waals surface area (Å²) in [5.74, 6) is 0.495. The zero-order valence-corrected chi connectivity index (χ0v) is 28.9. The van der Waals surface area contributed by atoms with Crippen LogP contribution in [0.3, 0.4) is 0 Å². The van der Waals surface area contributed by atoms with Crippen molar-refractivity contribution in [2.24, 2.45) is 0 Å². The topological polar surface area (TPSA) is 74.8 Å². The van der Waals surface area contributed by atoms with Gasteiger partial charge in [0.1, 0.15) is 5.82 Å². The first-order valence-corrected chi connectivity index (χ1v) is 16.3. The molecule has 0 radical (unpaired) electrons. The Labute approximate surface area is 290 Å². The van der Waals surface area contributed by atoms with E-state index in [4.69, 9.17) is 22.7 Å². The quantitative estimate of drug-likeness (QED) is 0.0810. The molecule has 1 heterocycles. The van der Waals surface area contributed by atoms with Crippen molar-refractivity contribution < 1.29 is 0 Å². The molecule has 3 aromatic carbocycles. The number of hydrogen-bond acceptors (Lipinski definition) is 4. The highest BCUT2D eigenvalue weighted by molar-refractivity contribution is 6.30. The van der Waals surface area contributed by atoms with Gasteiger partial charge in [-0.15, -0.1) is 5.73 Å². The van der Waals surface area contributed by atoms with Crippen LogP contribution in [-0.4, -0.2) is 10.7 Å². The molecule has 0 saturated heterocycles. The molecule has 244 valence electrons. The average Bonchev–Trinajstić information content (AvgIpc) is 3.12. The van der Waals surface area contributed by atoms with E-state index in [-0.39, 0.29) is 0 Å². The van der Waals surface area contributed by atoms with Crippen LogP contribution in [0.2, 0.25) is 5.02 Å². The maximum atomic E-state index is 8.42. The molecule has 0 aliphatic heterocycles. The fourth-order valence-corrected chi connectivity index (χ4v) is 4.99. The second-order valence-corrected chi connectivity index (χ2v) is 11.4. The number of anilines is 1. The Hall–Kier alpha value is -5.41. The van der Waals surface area contributed by atoms with Crippen LogP contribution in [-0.2, 0) is 6.54 Å². The van der Waals surface area contributed by atoms with Crippen molar-refractivity contribution in [3.05, 3.63) is 172 Å². The Morgan fingerprint density at radius 3 is 2.38 bits per heavy atom. The lowest BCUT2D eigenvalue weighted by atomic mass is 9.97. The van der Waals surface area contributed by atoms with Gasteiger partial charge in [0.05, 0.1) is 16.4 Å². The van der Waals surface area contributed by atoms with Gasteiger partial charge in [-0.3, -0.25) is 5.41 Å². The van der Waals surface area contributed by atoms with Crippen LogP contribution in [0.4, 0.5) is 5.82 Å². The van der Waals surface area contributed by atoms with E-state index >= 15 is 0 Å². The molecule has 0 unspecified atom stereocenters. The van der Waals surface area contributed by atoms with Crippen LogP contribution in [0.25, 0.3) is 35.1 Å². The molecular formula is C43H45ClN4. The predicted octanol–water partition coefficient (Wildman–Crippen LogP) is 9.67. The summed E-state index contributed by atoms with van der Waals surface area (Å²) in [6, 6.07) is 24.3. The van der Waals surface area contributed by atoms with E-state index in [2.05, 4.69) is 98.2 Å². The molecule has 1 aromatic heterocycles. The Kier molecular flexibility index (Phi) is 14.9. The van der Waals surface area contributed by atoms with Gasteiger partial charge in [-0.1, -0.05) is 130 Å². The van der Waals surface area contributed by atoms with Crippen molar-refractivity contribution in [3.63, 3.8) is 0 Å². The predicted molar refractivity (Wildman–Crippen MR) is 210 cm³/mol. The number of rotatable bonds is 12. The fraction of sp³-hybridized carbons (Fsp3) is 0.140. The number of halogens is 1. The molecule has 0 atom stereocenters. The SMILES string of the molecule is C=C=C(NCc1ccc(C(=N)C(=C)/C=C\C=C/C)cc1)c1cccc(-c2cc(C=C)c(=C/C)/c(=C\CCC)c2)c1.Nc1ccc(Cl)cn1. The number of allylic oxidation sites excluding steroid dienone is 5. The third-order valence-electron chi connectivity index (χ3n) is 7.45. The van der Waals surface area contributed by atoms with Crippen molar-refractivity contribution in [1.82, 2.24) is 10.3 Å². The molecule has 0 bridgehead atoms. The molecule has 4 aromatic rings. The Morgan fingerprint density at radius 1 is 1.00 bits per heavy atom. The molecular weight excluding hydrogens is 608 g/mol. The van der Waals surface area contributed by atoms with Crippen molar-refractivity contribution >= 4 is 47.1 Å². The van der Waals surface area contributed by atoms with Gasteiger partial charge in [0.2, 0.25) is 0 Å². The summed E-state index contributed by atoms with van der Waals surface area (Å²) in [5, 5.41) is 15.0. The molecule has 0 amide bonds. The van der Waals surface area contributed by atoms with Crippen molar-refractivity contribution in [1.29, 1.82) is 5.41 Å². The zero-order valence-electron chi connectivity index (χ0n) is 28.2. The molecule has 0 fully saturated rings. The van der Waals surface area contributed by atoms with Gasteiger partial charge in [-0.25, -0.2) is 4.98 Å². The minimum atomic E-state index is 0.420. The number of benzene rings is 3. The minimum Gasteiger partial charge on any atom is -0.384 e. The third kappa shape index (κ3) is 10.8. The van der Waals surface area contributed by atoms with E-state index in [1.165, 1.54) is 16.6 Å². The average molecular weight is 653 g/mol. The number of nitrogens with two attached hydrogens (primary N) is 1. The smallest absolute Gasteiger partial charge is 0.123 e. The van der Waals surface area contributed by atoms with Crippen LogP contribution in [0.15, 0.2) is 134 Å². The van der Waals surface area contributed by atoms with Crippen LogP contribution >= 0.6 is 11.6 Å². The number of hydrogen-bond donors (Lipinski definition) is 3. The molecule has 4 nitrogen and oxygen atoms in total. The molecule has 48 heavy (non-hydrogen) atoms. The second-order valence-electron chi connectivity index (χ2n) is 10.9. The lowest BCUT2D eigenvalue weighted by Crippen LogP contribution is -2.27. The summed E-state index contributed by atoms with van der Waals surface area (Å²) in [6.07, 6.45) is 17.7. The summed E-state index contributed by atoms with van der Waals surface area (Å²) in [6.45, 7) is 18.9. The lowest BCUT2D eigenvalue weighted by molar-refractivity contribution is 0.891. The molecule has 5 heteroatoms. The van der Waals surface area contributed by atoms with Gasteiger partial charge >= 0.3 is 0 Å². The lowest BCUT2D eigenvalue weighted by Gasteiger charge is -2.12. The second kappa shape index (κ2) is 19.3. The van der Waals surface area contributed by atoms with Crippen molar-refractivity contribution in [2.75, 3.05) is 5.73 Å². The Balaban J connectivity index is 0.000000681. The molecule has 4 N–H and O–H groups in total. The molecule has 0 saturated carbocycles. The van der Waals surface area contributed by atoms with Gasteiger partial charge in [0.15, 0.2) is 0 Å². The van der Waals surface area contributed by atoms with Crippen molar-refractivity contribution in [3.8, 4) is 11.1 Å². The van der Waals surface area contributed by atoms with E-state index in [0.717, 1.165) is 51.9 Å². The first-order chi connectivity index (χ1) is 23.2. The highest BCUT2D eigenvalue weighted by Crippen LogP contribution is 2.23. The van der Waals surface area contributed by atoms with Crippen molar-refractivity contribution in [2.45, 2.75) is 40.2 Å². The number of nitrogens with zero attached hydrogens (tertiary/aromatic N) is 1. The van der Waals surface area contributed by atoms with E-state index < -0.39 is 0 Å². The summed E-state index contributed by atoms with van der Waals surface area (Å²) >= 11 is 5.49. The standard InChI is InChI=1S/C38H40N2.C5H5ClN2/c1-7-12-14-16-28(6)38(39)31-22-20-29(21-23-31)27-40-37(11-5)34-19-15-18-32(25-34)35-24-30(9-3)36(10-4)33(26-35)17-13-8-2;6-4-1-2-5(7)8-3-4/h7,9-10,12,14-26,39-40H,3,5-6,8,13,27H2,1-2,4H3;1-3H,(H2,7,8)/b12-7-,16-14-,33-17-,36-10-,39-38?;. The molecule has 4 rings (SSSR count). The Morgan fingerprint density at radius 2 is 1.77 bits per heavy atom. The molecule has 0 spiro atoms. The number of nitrogen functional groups attached to an aromatic ring is 1. The van der Waals surface area contributed by atoms with E-state index in [1.807, 2.05) is 61.6 Å².